The lowest BCUT2D eigenvalue weighted by Gasteiger charge is -2.13. The van der Waals surface area contributed by atoms with Gasteiger partial charge in [0.05, 0.1) is 5.60 Å². The average molecular weight is 255 g/mol. The highest BCUT2D eigenvalue weighted by Crippen LogP contribution is 2.46. The first-order chi connectivity index (χ1) is 6.53. The Morgan fingerprint density at radius 3 is 2.43 bits per heavy atom. The third kappa shape index (κ3) is 1.73. The molecule has 1 aromatic rings. The van der Waals surface area contributed by atoms with Crippen molar-refractivity contribution in [3.05, 3.63) is 33.8 Å². The van der Waals surface area contributed by atoms with Crippen LogP contribution in [0.2, 0.25) is 0 Å². The van der Waals surface area contributed by atoms with Crippen LogP contribution in [0.25, 0.3) is 0 Å². The molecule has 0 bridgehead atoms. The maximum Gasteiger partial charge on any atom is 0.0899 e. The molecule has 1 saturated carbocycles. The van der Waals surface area contributed by atoms with E-state index in [1.807, 2.05) is 6.07 Å². The molecule has 2 rings (SSSR count). The van der Waals surface area contributed by atoms with Crippen molar-refractivity contribution >= 4 is 15.9 Å². The van der Waals surface area contributed by atoms with Gasteiger partial charge in [0.1, 0.15) is 0 Å². The first kappa shape index (κ1) is 10.2. The van der Waals surface area contributed by atoms with Gasteiger partial charge in [-0.05, 0) is 36.0 Å². The molecule has 0 atom stereocenters. The topological polar surface area (TPSA) is 20.2 Å². The summed E-state index contributed by atoms with van der Waals surface area (Å²) in [5.74, 6) is 0.521. The minimum Gasteiger partial charge on any atom is -0.385 e. The third-order valence-corrected chi connectivity index (χ3v) is 3.57. The summed E-state index contributed by atoms with van der Waals surface area (Å²) >= 11 is 3.56. The number of halogens is 1. The van der Waals surface area contributed by atoms with E-state index < -0.39 is 5.60 Å². The van der Waals surface area contributed by atoms with E-state index in [0.717, 1.165) is 22.9 Å². The van der Waals surface area contributed by atoms with Gasteiger partial charge in [0.15, 0.2) is 0 Å². The predicted molar refractivity (Wildman–Crippen MR) is 61.4 cm³/mol. The third-order valence-electron chi connectivity index (χ3n) is 2.88. The van der Waals surface area contributed by atoms with E-state index in [0.29, 0.717) is 5.92 Å². The Morgan fingerprint density at radius 1 is 1.36 bits per heavy atom. The van der Waals surface area contributed by atoms with Crippen LogP contribution in [0.1, 0.15) is 43.7 Å². The largest absolute Gasteiger partial charge is 0.385 e. The summed E-state index contributed by atoms with van der Waals surface area (Å²) in [7, 11) is 0. The smallest absolute Gasteiger partial charge is 0.0899 e. The second-order valence-electron chi connectivity index (χ2n) is 4.42. The van der Waals surface area contributed by atoms with Crippen LogP contribution in [0.3, 0.4) is 0 Å². The Kier molecular flexibility index (Phi) is 2.44. The second kappa shape index (κ2) is 3.35. The molecule has 14 heavy (non-hydrogen) atoms. The highest BCUT2D eigenvalue weighted by Gasteiger charge is 2.42. The summed E-state index contributed by atoms with van der Waals surface area (Å²) in [4.78, 5) is 0. The Hall–Kier alpha value is -0.340. The first-order valence-corrected chi connectivity index (χ1v) is 5.84. The summed E-state index contributed by atoms with van der Waals surface area (Å²) < 4.78 is 1.12. The van der Waals surface area contributed by atoms with Crippen LogP contribution < -0.4 is 0 Å². The highest BCUT2D eigenvalue weighted by atomic mass is 79.9. The lowest BCUT2D eigenvalue weighted by molar-refractivity contribution is 0.151. The number of benzene rings is 1. The van der Waals surface area contributed by atoms with Gasteiger partial charge in [-0.3, -0.25) is 0 Å². The van der Waals surface area contributed by atoms with Gasteiger partial charge in [0, 0.05) is 4.47 Å². The van der Waals surface area contributed by atoms with Crippen molar-refractivity contribution in [1.29, 1.82) is 0 Å². The number of rotatable bonds is 2. The van der Waals surface area contributed by atoms with E-state index in [1.54, 1.807) is 0 Å². The van der Waals surface area contributed by atoms with Crippen LogP contribution in [-0.2, 0) is 5.60 Å². The van der Waals surface area contributed by atoms with E-state index in [2.05, 4.69) is 41.9 Å². The Balaban J connectivity index is 2.36. The zero-order valence-electron chi connectivity index (χ0n) is 8.55. The van der Waals surface area contributed by atoms with Crippen LogP contribution in [0, 0.1) is 0 Å². The molecule has 0 radical (unpaired) electrons. The molecule has 1 N–H and O–H groups in total. The minimum absolute atomic E-state index is 0.516. The van der Waals surface area contributed by atoms with Gasteiger partial charge in [-0.1, -0.05) is 41.9 Å². The quantitative estimate of drug-likeness (QED) is 0.856. The Bertz CT molecular complexity index is 353. The molecule has 1 fully saturated rings. The lowest BCUT2D eigenvalue weighted by atomic mass is 9.99. The van der Waals surface area contributed by atoms with E-state index >= 15 is 0 Å². The SMILES string of the molecule is CC(C)c1ccc(C2(O)CC2)cc1Br. The van der Waals surface area contributed by atoms with E-state index in [-0.39, 0.29) is 0 Å². The minimum atomic E-state index is -0.516. The maximum atomic E-state index is 9.93. The summed E-state index contributed by atoms with van der Waals surface area (Å²) in [6.07, 6.45) is 1.81. The molecular weight excluding hydrogens is 240 g/mol. The molecule has 76 valence electrons. The van der Waals surface area contributed by atoms with Crippen molar-refractivity contribution in [3.63, 3.8) is 0 Å². The summed E-state index contributed by atoms with van der Waals surface area (Å²) in [5.41, 5.74) is 1.84. The van der Waals surface area contributed by atoms with Crippen molar-refractivity contribution in [2.75, 3.05) is 0 Å². The molecule has 1 aliphatic rings. The fraction of sp³-hybridized carbons (Fsp3) is 0.500. The standard InChI is InChI=1S/C12H15BrO/c1-8(2)10-4-3-9(7-11(10)13)12(14)5-6-12/h3-4,7-8,14H,5-6H2,1-2H3. The molecule has 1 aromatic carbocycles. The molecule has 1 aliphatic carbocycles. The van der Waals surface area contributed by atoms with E-state index in [1.165, 1.54) is 5.56 Å². The molecule has 0 aromatic heterocycles. The molecule has 0 aliphatic heterocycles. The van der Waals surface area contributed by atoms with Gasteiger partial charge in [-0.2, -0.15) is 0 Å². The van der Waals surface area contributed by atoms with E-state index in [9.17, 15) is 5.11 Å². The van der Waals surface area contributed by atoms with Crippen LogP contribution >= 0.6 is 15.9 Å². The maximum absolute atomic E-state index is 9.93. The number of hydrogen-bond donors (Lipinski definition) is 1. The van der Waals surface area contributed by atoms with Gasteiger partial charge in [-0.15, -0.1) is 0 Å². The highest BCUT2D eigenvalue weighted by molar-refractivity contribution is 9.10. The van der Waals surface area contributed by atoms with Crippen LogP contribution in [0.4, 0.5) is 0 Å². The van der Waals surface area contributed by atoms with Crippen molar-refractivity contribution in [1.82, 2.24) is 0 Å². The lowest BCUT2D eigenvalue weighted by Crippen LogP contribution is -2.04. The Labute approximate surface area is 93.3 Å². The molecule has 1 nitrogen and oxygen atoms in total. The first-order valence-electron chi connectivity index (χ1n) is 5.05. The number of aliphatic hydroxyl groups is 1. The van der Waals surface area contributed by atoms with Gasteiger partial charge < -0.3 is 5.11 Å². The molecule has 0 saturated heterocycles. The molecule has 0 unspecified atom stereocenters. The van der Waals surface area contributed by atoms with Crippen molar-refractivity contribution < 1.29 is 5.11 Å². The molecule has 0 heterocycles. The van der Waals surface area contributed by atoms with E-state index in [4.69, 9.17) is 0 Å². The van der Waals surface area contributed by atoms with Crippen LogP contribution in [0.15, 0.2) is 22.7 Å². The van der Waals surface area contributed by atoms with Gasteiger partial charge in [0.25, 0.3) is 0 Å². The molecular formula is C12H15BrO. The fourth-order valence-electron chi connectivity index (χ4n) is 1.69. The molecule has 2 heteroatoms. The zero-order chi connectivity index (χ0) is 10.3. The normalized spacial score (nSPS) is 18.6. The van der Waals surface area contributed by atoms with Crippen molar-refractivity contribution in [2.24, 2.45) is 0 Å². The van der Waals surface area contributed by atoms with Crippen LogP contribution in [-0.4, -0.2) is 5.11 Å². The monoisotopic (exact) mass is 254 g/mol. The van der Waals surface area contributed by atoms with Gasteiger partial charge >= 0.3 is 0 Å². The fourth-order valence-corrected chi connectivity index (χ4v) is 2.53. The zero-order valence-corrected chi connectivity index (χ0v) is 10.1. The average Bonchev–Trinajstić information content (AvgIpc) is 2.84. The number of hydrogen-bond acceptors (Lipinski definition) is 1. The second-order valence-corrected chi connectivity index (χ2v) is 5.28. The van der Waals surface area contributed by atoms with Crippen LogP contribution in [0.5, 0.6) is 0 Å². The summed E-state index contributed by atoms with van der Waals surface area (Å²) in [6, 6.07) is 6.22. The van der Waals surface area contributed by atoms with Gasteiger partial charge in [0.2, 0.25) is 0 Å². The predicted octanol–water partition coefficient (Wildman–Crippen LogP) is 3.55. The molecule has 0 spiro atoms. The van der Waals surface area contributed by atoms with Gasteiger partial charge in [-0.25, -0.2) is 0 Å². The van der Waals surface area contributed by atoms with Crippen molar-refractivity contribution in [2.45, 2.75) is 38.2 Å². The van der Waals surface area contributed by atoms with Crippen molar-refractivity contribution in [3.8, 4) is 0 Å². The summed E-state index contributed by atoms with van der Waals surface area (Å²) in [5, 5.41) is 9.93. The summed E-state index contributed by atoms with van der Waals surface area (Å²) in [6.45, 7) is 4.34. The Morgan fingerprint density at radius 2 is 2.00 bits per heavy atom. The molecule has 0 amide bonds.